The number of amides is 3. The fourth-order valence-corrected chi connectivity index (χ4v) is 6.13. The van der Waals surface area contributed by atoms with Crippen LogP contribution in [-0.4, -0.2) is 28.0 Å². The highest BCUT2D eigenvalue weighted by molar-refractivity contribution is 8.00. The smallest absolute Gasteiger partial charge is 0.272 e. The minimum atomic E-state index is -0.468. The molecule has 5 rings (SSSR count). The number of thioether (sulfide) groups is 1. The van der Waals surface area contributed by atoms with Gasteiger partial charge >= 0.3 is 0 Å². The highest BCUT2D eigenvalue weighted by atomic mass is 35.5. The molecule has 1 aromatic heterocycles. The predicted molar refractivity (Wildman–Crippen MR) is 190 cm³/mol. The van der Waals surface area contributed by atoms with E-state index in [1.54, 1.807) is 61.5 Å². The summed E-state index contributed by atoms with van der Waals surface area (Å²) in [6.07, 6.45) is 1.66. The van der Waals surface area contributed by atoms with E-state index in [0.29, 0.717) is 32.1 Å². The molecule has 1 atom stereocenters. The van der Waals surface area contributed by atoms with Crippen molar-refractivity contribution in [2.45, 2.75) is 24.0 Å². The number of hydrogen-bond donors (Lipinski definition) is 3. The van der Waals surface area contributed by atoms with Gasteiger partial charge in [-0.1, -0.05) is 71.7 Å². The van der Waals surface area contributed by atoms with E-state index in [4.69, 9.17) is 23.2 Å². The van der Waals surface area contributed by atoms with E-state index in [-0.39, 0.29) is 11.6 Å². The normalized spacial score (nSPS) is 11.9. The Balaban J connectivity index is 1.21. The lowest BCUT2D eigenvalue weighted by Gasteiger charge is -2.13. The molecule has 11 heteroatoms. The van der Waals surface area contributed by atoms with Crippen LogP contribution in [0.1, 0.15) is 28.4 Å². The summed E-state index contributed by atoms with van der Waals surface area (Å²) in [4.78, 5) is 44.5. The highest BCUT2D eigenvalue weighted by Crippen LogP contribution is 2.31. The van der Waals surface area contributed by atoms with Gasteiger partial charge in [0.1, 0.15) is 5.70 Å². The minimum absolute atomic E-state index is 0.108. The lowest BCUT2D eigenvalue weighted by atomic mass is 10.1. The van der Waals surface area contributed by atoms with Crippen LogP contribution in [0, 0.1) is 6.92 Å². The van der Waals surface area contributed by atoms with Crippen LogP contribution in [-0.2, 0) is 9.59 Å². The van der Waals surface area contributed by atoms with E-state index < -0.39 is 17.1 Å². The first-order valence-electron chi connectivity index (χ1n) is 14.1. The molecule has 7 nitrogen and oxygen atoms in total. The second-order valence-corrected chi connectivity index (χ2v) is 13.2. The van der Waals surface area contributed by atoms with Gasteiger partial charge in [-0.05, 0) is 79.6 Å². The van der Waals surface area contributed by atoms with Crippen LogP contribution in [0.15, 0.2) is 113 Å². The zero-order valence-corrected chi connectivity index (χ0v) is 27.9. The van der Waals surface area contributed by atoms with Gasteiger partial charge in [-0.15, -0.1) is 23.1 Å². The third kappa shape index (κ3) is 8.64. The first-order chi connectivity index (χ1) is 22.2. The fourth-order valence-electron chi connectivity index (χ4n) is 4.25. The highest BCUT2D eigenvalue weighted by Gasteiger charge is 2.18. The van der Waals surface area contributed by atoms with Gasteiger partial charge in [0.25, 0.3) is 11.8 Å². The first kappa shape index (κ1) is 33.0. The van der Waals surface area contributed by atoms with Crippen molar-refractivity contribution in [1.82, 2.24) is 10.3 Å². The van der Waals surface area contributed by atoms with E-state index in [2.05, 4.69) is 20.9 Å². The maximum Gasteiger partial charge on any atom is 0.272 e. The molecule has 46 heavy (non-hydrogen) atoms. The molecule has 0 aliphatic heterocycles. The van der Waals surface area contributed by atoms with Crippen LogP contribution < -0.4 is 16.0 Å². The SMILES string of the molecule is Cc1ccccc1/C=C(\NC(=O)c1ccccc1)C(=O)Nc1ccc(SC(C)C(=O)Nc2nc(-c3ccc(Cl)c(Cl)c3)cs2)cc1. The van der Waals surface area contributed by atoms with Crippen molar-refractivity contribution in [3.63, 3.8) is 0 Å². The molecular weight excluding hydrogens is 659 g/mol. The maximum atomic E-state index is 13.4. The Kier molecular flexibility index (Phi) is 10.9. The number of thiazole rings is 1. The number of benzene rings is 4. The van der Waals surface area contributed by atoms with E-state index in [9.17, 15) is 14.4 Å². The summed E-state index contributed by atoms with van der Waals surface area (Å²) < 4.78 is 0. The number of rotatable bonds is 10. The van der Waals surface area contributed by atoms with Crippen molar-refractivity contribution in [2.24, 2.45) is 0 Å². The van der Waals surface area contributed by atoms with Gasteiger partial charge in [0.2, 0.25) is 5.91 Å². The summed E-state index contributed by atoms with van der Waals surface area (Å²) >= 11 is 14.8. The lowest BCUT2D eigenvalue weighted by Crippen LogP contribution is -2.30. The molecule has 0 bridgehead atoms. The number of nitrogens with zero attached hydrogens (tertiary/aromatic N) is 1. The van der Waals surface area contributed by atoms with Gasteiger partial charge in [0, 0.05) is 27.1 Å². The lowest BCUT2D eigenvalue weighted by molar-refractivity contribution is -0.115. The van der Waals surface area contributed by atoms with Crippen LogP contribution in [0.2, 0.25) is 10.0 Å². The van der Waals surface area contributed by atoms with Crippen LogP contribution in [0.3, 0.4) is 0 Å². The predicted octanol–water partition coefficient (Wildman–Crippen LogP) is 8.95. The summed E-state index contributed by atoms with van der Waals surface area (Å²) in [5, 5.41) is 11.3. The van der Waals surface area contributed by atoms with Gasteiger partial charge in [0.15, 0.2) is 5.13 Å². The van der Waals surface area contributed by atoms with E-state index in [1.807, 2.05) is 60.8 Å². The van der Waals surface area contributed by atoms with Crippen molar-refractivity contribution in [2.75, 3.05) is 10.6 Å². The van der Waals surface area contributed by atoms with Crippen molar-refractivity contribution in [3.8, 4) is 11.3 Å². The van der Waals surface area contributed by atoms with Gasteiger partial charge < -0.3 is 16.0 Å². The number of aryl methyl sites for hydroxylation is 1. The third-order valence-electron chi connectivity index (χ3n) is 6.76. The summed E-state index contributed by atoms with van der Waals surface area (Å²) in [5.74, 6) is -1.06. The minimum Gasteiger partial charge on any atom is -0.321 e. The Morgan fingerprint density at radius 2 is 1.59 bits per heavy atom. The van der Waals surface area contributed by atoms with E-state index >= 15 is 0 Å². The molecule has 1 heterocycles. The van der Waals surface area contributed by atoms with Crippen LogP contribution in [0.4, 0.5) is 10.8 Å². The third-order valence-corrected chi connectivity index (χ3v) is 9.37. The Bertz CT molecular complexity index is 1910. The summed E-state index contributed by atoms with van der Waals surface area (Å²) in [6.45, 7) is 3.74. The van der Waals surface area contributed by atoms with E-state index in [1.165, 1.54) is 23.1 Å². The zero-order valence-electron chi connectivity index (χ0n) is 24.7. The average Bonchev–Trinajstić information content (AvgIpc) is 3.52. The number of nitrogens with one attached hydrogen (secondary N) is 3. The van der Waals surface area contributed by atoms with Crippen LogP contribution >= 0.6 is 46.3 Å². The summed E-state index contributed by atoms with van der Waals surface area (Å²) in [5.41, 5.74) is 4.34. The Morgan fingerprint density at radius 1 is 0.870 bits per heavy atom. The van der Waals surface area contributed by atoms with Gasteiger partial charge in [-0.3, -0.25) is 14.4 Å². The standard InChI is InChI=1S/C35H28Cl2N4O3S2/c1-21-8-6-7-11-24(21)19-30(39-33(43)23-9-4-3-5-10-23)34(44)38-26-13-15-27(16-14-26)46-22(2)32(42)41-35-40-31(20-45-35)25-12-17-28(36)29(37)18-25/h3-20,22H,1-2H3,(H,38,44)(H,39,43)(H,40,41,42)/b30-19-. The topological polar surface area (TPSA) is 100 Å². The van der Waals surface area contributed by atoms with Crippen molar-refractivity contribution in [1.29, 1.82) is 0 Å². The number of anilines is 2. The number of carbonyl (C=O) groups excluding carboxylic acids is 3. The molecule has 232 valence electrons. The summed E-state index contributed by atoms with van der Waals surface area (Å²) in [6, 6.07) is 28.7. The monoisotopic (exact) mass is 686 g/mol. The van der Waals surface area contributed by atoms with Crippen molar-refractivity contribution in [3.05, 3.63) is 135 Å². The molecule has 0 saturated carbocycles. The Morgan fingerprint density at radius 3 is 2.30 bits per heavy atom. The number of aromatic nitrogens is 1. The Labute approximate surface area is 285 Å². The number of carbonyl (C=O) groups is 3. The quantitative estimate of drug-likeness (QED) is 0.101. The van der Waals surface area contributed by atoms with Crippen molar-refractivity contribution >= 4 is 80.9 Å². The fraction of sp³-hybridized carbons (Fsp3) is 0.0857. The number of hydrogen-bond acceptors (Lipinski definition) is 6. The molecule has 0 spiro atoms. The molecule has 4 aromatic carbocycles. The van der Waals surface area contributed by atoms with Crippen molar-refractivity contribution < 1.29 is 14.4 Å². The first-order valence-corrected chi connectivity index (χ1v) is 16.6. The second kappa shape index (κ2) is 15.2. The average molecular weight is 688 g/mol. The van der Waals surface area contributed by atoms with Gasteiger partial charge in [-0.2, -0.15) is 0 Å². The van der Waals surface area contributed by atoms with Crippen LogP contribution in [0.25, 0.3) is 17.3 Å². The largest absolute Gasteiger partial charge is 0.321 e. The number of halogens is 2. The zero-order chi connectivity index (χ0) is 32.6. The molecule has 3 N–H and O–H groups in total. The summed E-state index contributed by atoms with van der Waals surface area (Å²) in [7, 11) is 0. The molecule has 1 unspecified atom stereocenters. The van der Waals surface area contributed by atoms with Gasteiger partial charge in [-0.25, -0.2) is 4.98 Å². The maximum absolute atomic E-state index is 13.4. The van der Waals surface area contributed by atoms with Crippen LogP contribution in [0.5, 0.6) is 0 Å². The Hall–Kier alpha value is -4.41. The molecule has 0 saturated heterocycles. The molecule has 3 amide bonds. The molecule has 0 fully saturated rings. The molecule has 0 aliphatic carbocycles. The second-order valence-electron chi connectivity index (χ2n) is 10.1. The van der Waals surface area contributed by atoms with E-state index in [0.717, 1.165) is 21.6 Å². The molecular formula is C35H28Cl2N4O3S2. The molecule has 0 aliphatic rings. The molecule has 5 aromatic rings. The van der Waals surface area contributed by atoms with Gasteiger partial charge in [0.05, 0.1) is 21.0 Å². The molecule has 0 radical (unpaired) electrons.